The number of hydrogen-bond donors (Lipinski definition) is 1. The second-order valence-corrected chi connectivity index (χ2v) is 5.14. The first-order valence-corrected chi connectivity index (χ1v) is 6.66. The Morgan fingerprint density at radius 2 is 2.33 bits per heavy atom. The van der Waals surface area contributed by atoms with Crippen LogP contribution in [0.15, 0.2) is 30.6 Å². The van der Waals surface area contributed by atoms with Crippen molar-refractivity contribution in [3.8, 4) is 0 Å². The molecule has 0 bridgehead atoms. The third kappa shape index (κ3) is 1.77. The molecule has 0 radical (unpaired) electrons. The monoisotopic (exact) mass is 244 g/mol. The minimum atomic E-state index is 0.558. The van der Waals surface area contributed by atoms with E-state index in [1.807, 2.05) is 18.5 Å². The molecule has 2 atom stereocenters. The van der Waals surface area contributed by atoms with Crippen molar-refractivity contribution < 1.29 is 0 Å². The van der Waals surface area contributed by atoms with Gasteiger partial charge in [-0.2, -0.15) is 0 Å². The average molecular weight is 244 g/mol. The van der Waals surface area contributed by atoms with Gasteiger partial charge in [-0.1, -0.05) is 12.5 Å². The van der Waals surface area contributed by atoms with Gasteiger partial charge in [-0.3, -0.25) is 4.40 Å². The summed E-state index contributed by atoms with van der Waals surface area (Å²) in [6, 6.07) is 6.82. The molecule has 1 saturated carbocycles. The highest BCUT2D eigenvalue weighted by Crippen LogP contribution is 2.31. The number of nitrogens with two attached hydrogens (primary N) is 1. The van der Waals surface area contributed by atoms with Crippen LogP contribution in [0.25, 0.3) is 5.65 Å². The fourth-order valence-electron chi connectivity index (χ4n) is 3.19. The molecule has 2 N–H and O–H groups in total. The first-order valence-electron chi connectivity index (χ1n) is 6.66. The molecule has 1 aliphatic carbocycles. The second kappa shape index (κ2) is 4.61. The summed E-state index contributed by atoms with van der Waals surface area (Å²) in [6.07, 6.45) is 7.65. The van der Waals surface area contributed by atoms with E-state index in [9.17, 15) is 0 Å². The summed E-state index contributed by atoms with van der Waals surface area (Å²) in [4.78, 5) is 6.71. The van der Waals surface area contributed by atoms with Crippen LogP contribution in [0.4, 0.5) is 5.82 Å². The van der Waals surface area contributed by atoms with Gasteiger partial charge in [0.25, 0.3) is 0 Å². The summed E-state index contributed by atoms with van der Waals surface area (Å²) in [5.41, 5.74) is 6.89. The van der Waals surface area contributed by atoms with E-state index in [2.05, 4.69) is 33.5 Å². The van der Waals surface area contributed by atoms with Crippen molar-refractivity contribution in [1.29, 1.82) is 0 Å². The quantitative estimate of drug-likeness (QED) is 0.897. The van der Waals surface area contributed by atoms with Crippen LogP contribution < -0.4 is 10.6 Å². The molecule has 1 aliphatic rings. The molecule has 18 heavy (non-hydrogen) atoms. The van der Waals surface area contributed by atoms with E-state index >= 15 is 0 Å². The summed E-state index contributed by atoms with van der Waals surface area (Å²) in [7, 11) is 2.17. The van der Waals surface area contributed by atoms with E-state index in [1.54, 1.807) is 0 Å². The van der Waals surface area contributed by atoms with E-state index < -0.39 is 0 Å². The minimum absolute atomic E-state index is 0.558. The maximum atomic E-state index is 5.89. The lowest BCUT2D eigenvalue weighted by Crippen LogP contribution is -2.38. The molecular weight excluding hydrogens is 224 g/mol. The molecule has 2 unspecified atom stereocenters. The maximum absolute atomic E-state index is 5.89. The van der Waals surface area contributed by atoms with E-state index in [4.69, 9.17) is 5.73 Å². The van der Waals surface area contributed by atoms with Gasteiger partial charge in [0, 0.05) is 25.5 Å². The van der Waals surface area contributed by atoms with Gasteiger partial charge in [0.2, 0.25) is 0 Å². The molecule has 0 aromatic carbocycles. The summed E-state index contributed by atoms with van der Waals surface area (Å²) < 4.78 is 2.14. The van der Waals surface area contributed by atoms with Crippen molar-refractivity contribution in [3.63, 3.8) is 0 Å². The van der Waals surface area contributed by atoms with Gasteiger partial charge in [0.05, 0.1) is 0 Å². The van der Waals surface area contributed by atoms with Crippen molar-refractivity contribution in [1.82, 2.24) is 9.38 Å². The number of hydrogen-bond acceptors (Lipinski definition) is 3. The van der Waals surface area contributed by atoms with E-state index in [0.29, 0.717) is 12.0 Å². The molecule has 0 amide bonds. The minimum Gasteiger partial charge on any atom is -0.357 e. The van der Waals surface area contributed by atoms with Crippen LogP contribution in [-0.4, -0.2) is 29.0 Å². The van der Waals surface area contributed by atoms with Crippen LogP contribution >= 0.6 is 0 Å². The average Bonchev–Trinajstić information content (AvgIpc) is 3.05. The molecule has 0 saturated heterocycles. The molecule has 4 nitrogen and oxygen atoms in total. The van der Waals surface area contributed by atoms with Gasteiger partial charge >= 0.3 is 0 Å². The van der Waals surface area contributed by atoms with Gasteiger partial charge in [-0.25, -0.2) is 4.98 Å². The molecular formula is C14H20N4. The SMILES string of the molecule is CN(c1cccc2nccn12)C1CCCC1CN. The van der Waals surface area contributed by atoms with Crippen molar-refractivity contribution in [3.05, 3.63) is 30.6 Å². The lowest BCUT2D eigenvalue weighted by Gasteiger charge is -2.31. The van der Waals surface area contributed by atoms with Gasteiger partial charge in [0.15, 0.2) is 0 Å². The van der Waals surface area contributed by atoms with Crippen LogP contribution in [0.2, 0.25) is 0 Å². The van der Waals surface area contributed by atoms with Crippen molar-refractivity contribution in [2.45, 2.75) is 25.3 Å². The number of rotatable bonds is 3. The maximum Gasteiger partial charge on any atom is 0.138 e. The Morgan fingerprint density at radius 3 is 3.17 bits per heavy atom. The Hall–Kier alpha value is -1.55. The zero-order chi connectivity index (χ0) is 12.5. The molecule has 2 heterocycles. The zero-order valence-electron chi connectivity index (χ0n) is 10.8. The molecule has 2 aromatic rings. The van der Waals surface area contributed by atoms with E-state index in [1.165, 1.54) is 25.1 Å². The Bertz CT molecular complexity index is 533. The number of anilines is 1. The number of aromatic nitrogens is 2. The number of pyridine rings is 1. The highest BCUT2D eigenvalue weighted by Gasteiger charge is 2.30. The van der Waals surface area contributed by atoms with Gasteiger partial charge in [-0.15, -0.1) is 0 Å². The van der Waals surface area contributed by atoms with E-state index in [-0.39, 0.29) is 0 Å². The topological polar surface area (TPSA) is 46.6 Å². The van der Waals surface area contributed by atoms with Gasteiger partial charge in [-0.05, 0) is 37.4 Å². The van der Waals surface area contributed by atoms with Crippen molar-refractivity contribution in [2.75, 3.05) is 18.5 Å². The number of imidazole rings is 1. The summed E-state index contributed by atoms with van der Waals surface area (Å²) in [5.74, 6) is 1.82. The van der Waals surface area contributed by atoms with Gasteiger partial charge < -0.3 is 10.6 Å². The highest BCUT2D eigenvalue weighted by atomic mass is 15.2. The number of nitrogens with zero attached hydrogens (tertiary/aromatic N) is 3. The fraction of sp³-hybridized carbons (Fsp3) is 0.500. The Balaban J connectivity index is 1.96. The summed E-state index contributed by atoms with van der Waals surface area (Å²) in [6.45, 7) is 0.787. The van der Waals surface area contributed by atoms with Crippen LogP contribution in [0.3, 0.4) is 0 Å². The standard InChI is InChI=1S/C14H20N4/c1-17(12-5-2-4-11(12)10-15)14-7-3-6-13-16-8-9-18(13)14/h3,6-9,11-12H,2,4-5,10,15H2,1H3. The highest BCUT2D eigenvalue weighted by molar-refractivity contribution is 5.51. The van der Waals surface area contributed by atoms with Crippen LogP contribution in [-0.2, 0) is 0 Å². The normalized spacial score (nSPS) is 23.7. The molecule has 2 aromatic heterocycles. The lowest BCUT2D eigenvalue weighted by molar-refractivity contribution is 0.471. The van der Waals surface area contributed by atoms with Crippen molar-refractivity contribution in [2.24, 2.45) is 11.7 Å². The molecule has 96 valence electrons. The van der Waals surface area contributed by atoms with Crippen LogP contribution in [0.1, 0.15) is 19.3 Å². The zero-order valence-corrected chi connectivity index (χ0v) is 10.8. The Labute approximate surface area is 107 Å². The second-order valence-electron chi connectivity index (χ2n) is 5.14. The molecule has 1 fully saturated rings. The Kier molecular flexibility index (Phi) is 2.96. The van der Waals surface area contributed by atoms with Crippen LogP contribution in [0, 0.1) is 5.92 Å². The predicted molar refractivity (Wildman–Crippen MR) is 73.8 cm³/mol. The van der Waals surface area contributed by atoms with Crippen LogP contribution in [0.5, 0.6) is 0 Å². The van der Waals surface area contributed by atoms with Gasteiger partial charge in [0.1, 0.15) is 11.5 Å². The molecule has 0 spiro atoms. The molecule has 0 aliphatic heterocycles. The van der Waals surface area contributed by atoms with Crippen molar-refractivity contribution >= 4 is 11.5 Å². The first-order chi connectivity index (χ1) is 8.81. The summed E-state index contributed by atoms with van der Waals surface area (Å²) >= 11 is 0. The molecule has 4 heteroatoms. The first kappa shape index (κ1) is 11.5. The Morgan fingerprint density at radius 1 is 1.44 bits per heavy atom. The smallest absolute Gasteiger partial charge is 0.138 e. The summed E-state index contributed by atoms with van der Waals surface area (Å²) in [5, 5.41) is 0. The lowest BCUT2D eigenvalue weighted by atomic mass is 10.0. The molecule has 3 rings (SSSR count). The number of fused-ring (bicyclic) bond motifs is 1. The predicted octanol–water partition coefficient (Wildman–Crippen LogP) is 1.90. The third-order valence-electron chi connectivity index (χ3n) is 4.19. The largest absolute Gasteiger partial charge is 0.357 e. The van der Waals surface area contributed by atoms with E-state index in [0.717, 1.165) is 12.2 Å². The third-order valence-corrected chi connectivity index (χ3v) is 4.19. The fourth-order valence-corrected chi connectivity index (χ4v) is 3.19.